The molecule has 0 aromatic heterocycles. The molecule has 3 aromatic rings. The summed E-state index contributed by atoms with van der Waals surface area (Å²) in [5.74, 6) is -0.581. The Morgan fingerprint density at radius 2 is 1.69 bits per heavy atom. The van der Waals surface area contributed by atoms with Crippen LogP contribution in [0.3, 0.4) is 0 Å². The number of fused-ring (bicyclic) bond motifs is 1. The van der Waals surface area contributed by atoms with Crippen LogP contribution in [-0.2, 0) is 26.0 Å². The third-order valence-electron chi connectivity index (χ3n) is 5.35. The van der Waals surface area contributed by atoms with E-state index in [0.29, 0.717) is 29.8 Å². The average Bonchev–Trinajstić information content (AvgIpc) is 2.79. The van der Waals surface area contributed by atoms with E-state index >= 15 is 0 Å². The minimum atomic E-state index is -4.03. The zero-order valence-corrected chi connectivity index (χ0v) is 18.3. The van der Waals surface area contributed by atoms with Crippen molar-refractivity contribution in [1.82, 2.24) is 4.72 Å². The second kappa shape index (κ2) is 8.94. The van der Waals surface area contributed by atoms with Crippen LogP contribution in [0.1, 0.15) is 29.2 Å². The summed E-state index contributed by atoms with van der Waals surface area (Å²) in [5, 5.41) is 5.56. The summed E-state index contributed by atoms with van der Waals surface area (Å²) < 4.78 is 29.0. The van der Waals surface area contributed by atoms with Gasteiger partial charge in [-0.2, -0.15) is 4.72 Å². The van der Waals surface area contributed by atoms with Crippen molar-refractivity contribution in [3.05, 3.63) is 89.5 Å². The van der Waals surface area contributed by atoms with Crippen molar-refractivity contribution in [1.29, 1.82) is 0 Å². The summed E-state index contributed by atoms with van der Waals surface area (Å²) in [6, 6.07) is 19.4. The molecule has 4 rings (SSSR count). The third-order valence-corrected chi connectivity index (χ3v) is 6.77. The molecule has 164 valence electrons. The minimum Gasteiger partial charge on any atom is -0.326 e. The number of anilines is 2. The maximum Gasteiger partial charge on any atom is 0.247 e. The number of carbonyl (C=O) groups excluding carboxylic acids is 2. The number of amides is 2. The predicted octanol–water partition coefficient (Wildman–Crippen LogP) is 3.54. The van der Waals surface area contributed by atoms with Gasteiger partial charge in [0.05, 0.1) is 4.90 Å². The first-order valence-corrected chi connectivity index (χ1v) is 11.7. The maximum absolute atomic E-state index is 13.2. The van der Waals surface area contributed by atoms with E-state index in [1.165, 1.54) is 6.07 Å². The first kappa shape index (κ1) is 21.7. The summed E-state index contributed by atoms with van der Waals surface area (Å²) in [6.07, 6.45) is 0.760. The molecule has 1 atom stereocenters. The second-order valence-corrected chi connectivity index (χ2v) is 9.35. The molecule has 0 bridgehead atoms. The summed E-state index contributed by atoms with van der Waals surface area (Å²) in [6.45, 7) is 1.86. The van der Waals surface area contributed by atoms with E-state index in [1.54, 1.807) is 54.6 Å². The van der Waals surface area contributed by atoms with Gasteiger partial charge < -0.3 is 10.6 Å². The lowest BCUT2D eigenvalue weighted by Gasteiger charge is -2.21. The van der Waals surface area contributed by atoms with Crippen LogP contribution in [0.4, 0.5) is 11.4 Å². The van der Waals surface area contributed by atoms with Crippen molar-refractivity contribution in [2.24, 2.45) is 0 Å². The fourth-order valence-electron chi connectivity index (χ4n) is 3.59. The van der Waals surface area contributed by atoms with Crippen LogP contribution in [0.2, 0.25) is 0 Å². The van der Waals surface area contributed by atoms with Crippen molar-refractivity contribution in [2.75, 3.05) is 10.6 Å². The molecule has 0 radical (unpaired) electrons. The largest absolute Gasteiger partial charge is 0.326 e. The van der Waals surface area contributed by atoms with Crippen LogP contribution < -0.4 is 15.4 Å². The number of nitrogens with one attached hydrogen (secondary N) is 3. The van der Waals surface area contributed by atoms with E-state index in [2.05, 4.69) is 15.4 Å². The molecule has 1 heterocycles. The molecule has 0 spiro atoms. The molecule has 0 aliphatic carbocycles. The Morgan fingerprint density at radius 1 is 0.969 bits per heavy atom. The lowest BCUT2D eigenvalue weighted by molar-refractivity contribution is -0.118. The summed E-state index contributed by atoms with van der Waals surface area (Å²) in [7, 11) is -4.03. The number of hydrogen-bond donors (Lipinski definition) is 3. The lowest BCUT2D eigenvalue weighted by Crippen LogP contribution is -2.37. The smallest absolute Gasteiger partial charge is 0.247 e. The van der Waals surface area contributed by atoms with E-state index in [1.807, 2.05) is 19.1 Å². The van der Waals surface area contributed by atoms with Gasteiger partial charge in [0.15, 0.2) is 0 Å². The number of hydrogen-bond acceptors (Lipinski definition) is 4. The molecular weight excluding hydrogens is 426 g/mol. The summed E-state index contributed by atoms with van der Waals surface area (Å²) in [4.78, 5) is 24.8. The number of carbonyl (C=O) groups is 2. The van der Waals surface area contributed by atoms with Crippen LogP contribution >= 0.6 is 0 Å². The Morgan fingerprint density at radius 3 is 2.44 bits per heavy atom. The summed E-state index contributed by atoms with van der Waals surface area (Å²) >= 11 is 0. The molecule has 2 amide bonds. The van der Waals surface area contributed by atoms with E-state index in [-0.39, 0.29) is 10.8 Å². The van der Waals surface area contributed by atoms with Gasteiger partial charge in [0, 0.05) is 17.8 Å². The normalized spacial score (nSPS) is 14.2. The van der Waals surface area contributed by atoms with Gasteiger partial charge in [0.1, 0.15) is 6.04 Å². The average molecular weight is 450 g/mol. The number of aryl methyl sites for hydroxylation is 2. The lowest BCUT2D eigenvalue weighted by atomic mass is 10.0. The molecule has 0 saturated carbocycles. The van der Waals surface area contributed by atoms with E-state index in [0.717, 1.165) is 11.1 Å². The van der Waals surface area contributed by atoms with Gasteiger partial charge in [-0.15, -0.1) is 0 Å². The van der Waals surface area contributed by atoms with Crippen molar-refractivity contribution < 1.29 is 18.0 Å². The zero-order valence-electron chi connectivity index (χ0n) is 17.5. The van der Waals surface area contributed by atoms with E-state index in [9.17, 15) is 18.0 Å². The molecule has 1 unspecified atom stereocenters. The van der Waals surface area contributed by atoms with Crippen molar-refractivity contribution >= 4 is 33.2 Å². The van der Waals surface area contributed by atoms with Gasteiger partial charge in [-0.05, 0) is 54.3 Å². The van der Waals surface area contributed by atoms with Crippen LogP contribution in [0.5, 0.6) is 0 Å². The molecular formula is C24H23N3O4S. The highest BCUT2D eigenvalue weighted by Gasteiger charge is 2.28. The summed E-state index contributed by atoms with van der Waals surface area (Å²) in [5.41, 5.74) is 3.35. The van der Waals surface area contributed by atoms with Crippen LogP contribution in [-0.4, -0.2) is 20.2 Å². The van der Waals surface area contributed by atoms with Crippen LogP contribution in [0.15, 0.2) is 77.7 Å². The molecule has 8 heteroatoms. The monoisotopic (exact) mass is 449 g/mol. The number of para-hydroxylation sites is 1. The highest BCUT2D eigenvalue weighted by atomic mass is 32.2. The third kappa shape index (κ3) is 4.71. The van der Waals surface area contributed by atoms with Crippen molar-refractivity contribution in [2.45, 2.75) is 30.7 Å². The standard InChI is InChI=1S/C24H23N3O4S/c1-16-7-5-6-10-20(16)26-24(29)23(17-8-3-2-4-9-17)27-32(30,31)19-12-13-21-18(15-19)11-14-22(28)25-21/h2-10,12-13,15,23,27H,11,14H2,1H3,(H,25,28)(H,26,29). The topological polar surface area (TPSA) is 104 Å². The van der Waals surface area contributed by atoms with E-state index < -0.39 is 22.0 Å². The predicted molar refractivity (Wildman–Crippen MR) is 123 cm³/mol. The van der Waals surface area contributed by atoms with Crippen LogP contribution in [0, 0.1) is 6.92 Å². The Hall–Kier alpha value is -3.49. The van der Waals surface area contributed by atoms with Gasteiger partial charge in [0.2, 0.25) is 21.8 Å². The Bertz CT molecular complexity index is 1270. The molecule has 1 aliphatic heterocycles. The first-order chi connectivity index (χ1) is 15.3. The fraction of sp³-hybridized carbons (Fsp3) is 0.167. The van der Waals surface area contributed by atoms with Crippen LogP contribution in [0.25, 0.3) is 0 Å². The number of sulfonamides is 1. The van der Waals surface area contributed by atoms with Gasteiger partial charge in [0.25, 0.3) is 0 Å². The quantitative estimate of drug-likeness (QED) is 0.535. The zero-order chi connectivity index (χ0) is 22.7. The molecule has 0 fully saturated rings. The highest BCUT2D eigenvalue weighted by Crippen LogP contribution is 2.27. The van der Waals surface area contributed by atoms with Crippen molar-refractivity contribution in [3.8, 4) is 0 Å². The molecule has 1 aliphatic rings. The fourth-order valence-corrected chi connectivity index (χ4v) is 4.82. The molecule has 3 aromatic carbocycles. The SMILES string of the molecule is Cc1ccccc1NC(=O)C(NS(=O)(=O)c1ccc2c(c1)CCC(=O)N2)c1ccccc1. The molecule has 7 nitrogen and oxygen atoms in total. The molecule has 0 saturated heterocycles. The second-order valence-electron chi connectivity index (χ2n) is 7.64. The van der Waals surface area contributed by atoms with Gasteiger partial charge in [-0.1, -0.05) is 48.5 Å². The van der Waals surface area contributed by atoms with E-state index in [4.69, 9.17) is 0 Å². The highest BCUT2D eigenvalue weighted by molar-refractivity contribution is 7.89. The van der Waals surface area contributed by atoms with Crippen molar-refractivity contribution in [3.63, 3.8) is 0 Å². The first-order valence-electron chi connectivity index (χ1n) is 10.2. The van der Waals surface area contributed by atoms with Gasteiger partial charge in [-0.25, -0.2) is 8.42 Å². The Labute approximate surface area is 186 Å². The number of rotatable bonds is 6. The van der Waals surface area contributed by atoms with Gasteiger partial charge >= 0.3 is 0 Å². The molecule has 32 heavy (non-hydrogen) atoms. The Kier molecular flexibility index (Phi) is 6.07. The Balaban J connectivity index is 1.64. The maximum atomic E-state index is 13.2. The molecule has 3 N–H and O–H groups in total. The minimum absolute atomic E-state index is 0.0389. The van der Waals surface area contributed by atoms with Gasteiger partial charge in [-0.3, -0.25) is 9.59 Å². The number of benzene rings is 3.